The number of hydrogen-bond acceptors (Lipinski definition) is 2. The summed E-state index contributed by atoms with van der Waals surface area (Å²) in [5.74, 6) is 0. The molecule has 0 fully saturated rings. The van der Waals surface area contributed by atoms with Gasteiger partial charge < -0.3 is 0 Å². The summed E-state index contributed by atoms with van der Waals surface area (Å²) < 4.78 is 0. The fourth-order valence-corrected chi connectivity index (χ4v) is 2.46. The van der Waals surface area contributed by atoms with E-state index in [9.17, 15) is 0 Å². The SMILES string of the molecule is C1=CCC(c2ccccc2)(c2ccncn2)C=C1. The maximum atomic E-state index is 4.45. The Labute approximate surface area is 107 Å². The second kappa shape index (κ2) is 4.57. The molecule has 1 unspecified atom stereocenters. The summed E-state index contributed by atoms with van der Waals surface area (Å²) in [6.45, 7) is 0. The van der Waals surface area contributed by atoms with Crippen molar-refractivity contribution >= 4 is 0 Å². The van der Waals surface area contributed by atoms with Gasteiger partial charge in [-0.25, -0.2) is 9.97 Å². The third kappa shape index (κ3) is 1.76. The van der Waals surface area contributed by atoms with E-state index in [1.807, 2.05) is 12.1 Å². The van der Waals surface area contributed by atoms with Crippen LogP contribution in [0.1, 0.15) is 17.7 Å². The molecule has 1 aliphatic rings. The first kappa shape index (κ1) is 10.9. The number of allylic oxidation sites excluding steroid dienone is 4. The molecule has 18 heavy (non-hydrogen) atoms. The molecule has 0 aliphatic heterocycles. The number of nitrogens with zero attached hydrogens (tertiary/aromatic N) is 2. The molecule has 2 heteroatoms. The highest BCUT2D eigenvalue weighted by Gasteiger charge is 2.32. The van der Waals surface area contributed by atoms with Gasteiger partial charge in [0.25, 0.3) is 0 Å². The molecule has 0 amide bonds. The molecular formula is C16H14N2. The van der Waals surface area contributed by atoms with Crippen LogP contribution in [0.5, 0.6) is 0 Å². The lowest BCUT2D eigenvalue weighted by molar-refractivity contribution is 0.622. The molecule has 0 radical (unpaired) electrons. The Morgan fingerprint density at radius 1 is 1.00 bits per heavy atom. The van der Waals surface area contributed by atoms with E-state index in [1.54, 1.807) is 12.5 Å². The van der Waals surface area contributed by atoms with Crippen LogP contribution in [-0.4, -0.2) is 9.97 Å². The highest BCUT2D eigenvalue weighted by Crippen LogP contribution is 2.37. The first-order chi connectivity index (χ1) is 8.92. The van der Waals surface area contributed by atoms with E-state index in [0.29, 0.717) is 0 Å². The van der Waals surface area contributed by atoms with Crippen molar-refractivity contribution < 1.29 is 0 Å². The van der Waals surface area contributed by atoms with Gasteiger partial charge in [-0.1, -0.05) is 54.6 Å². The summed E-state index contributed by atoms with van der Waals surface area (Å²) in [5.41, 5.74) is 2.16. The predicted molar refractivity (Wildman–Crippen MR) is 72.2 cm³/mol. The molecule has 0 N–H and O–H groups in total. The van der Waals surface area contributed by atoms with Crippen LogP contribution in [0.4, 0.5) is 0 Å². The predicted octanol–water partition coefficient (Wildman–Crippen LogP) is 3.28. The summed E-state index contributed by atoms with van der Waals surface area (Å²) in [5, 5.41) is 0. The first-order valence-electron chi connectivity index (χ1n) is 6.08. The lowest BCUT2D eigenvalue weighted by Gasteiger charge is -2.31. The van der Waals surface area contributed by atoms with E-state index in [0.717, 1.165) is 12.1 Å². The lowest BCUT2D eigenvalue weighted by atomic mass is 9.73. The molecule has 1 heterocycles. The van der Waals surface area contributed by atoms with Gasteiger partial charge in [0.2, 0.25) is 0 Å². The molecule has 2 aromatic rings. The minimum atomic E-state index is -0.154. The van der Waals surface area contributed by atoms with Crippen LogP contribution in [0, 0.1) is 0 Å². The van der Waals surface area contributed by atoms with E-state index in [2.05, 4.69) is 58.5 Å². The van der Waals surface area contributed by atoms with Crippen molar-refractivity contribution in [1.82, 2.24) is 9.97 Å². The Morgan fingerprint density at radius 3 is 2.56 bits per heavy atom. The largest absolute Gasteiger partial charge is 0.245 e. The van der Waals surface area contributed by atoms with Gasteiger partial charge in [0.15, 0.2) is 0 Å². The monoisotopic (exact) mass is 234 g/mol. The third-order valence-electron chi connectivity index (χ3n) is 3.40. The van der Waals surface area contributed by atoms with Gasteiger partial charge >= 0.3 is 0 Å². The van der Waals surface area contributed by atoms with E-state index in [1.165, 1.54) is 5.56 Å². The quantitative estimate of drug-likeness (QED) is 0.797. The van der Waals surface area contributed by atoms with Crippen LogP contribution in [0.15, 0.2) is 73.2 Å². The fourth-order valence-electron chi connectivity index (χ4n) is 2.46. The van der Waals surface area contributed by atoms with Crippen molar-refractivity contribution in [3.8, 4) is 0 Å². The normalized spacial score (nSPS) is 22.0. The average molecular weight is 234 g/mol. The second-order valence-corrected chi connectivity index (χ2v) is 4.42. The maximum absolute atomic E-state index is 4.45. The highest BCUT2D eigenvalue weighted by atomic mass is 14.8. The van der Waals surface area contributed by atoms with Gasteiger partial charge in [-0.05, 0) is 18.1 Å². The van der Waals surface area contributed by atoms with Crippen LogP contribution in [-0.2, 0) is 5.41 Å². The minimum absolute atomic E-state index is 0.154. The van der Waals surface area contributed by atoms with Gasteiger partial charge in [-0.2, -0.15) is 0 Å². The van der Waals surface area contributed by atoms with E-state index >= 15 is 0 Å². The van der Waals surface area contributed by atoms with E-state index < -0.39 is 0 Å². The molecule has 2 nitrogen and oxygen atoms in total. The Balaban J connectivity index is 2.17. The van der Waals surface area contributed by atoms with Gasteiger partial charge in [-0.3, -0.25) is 0 Å². The number of hydrogen-bond donors (Lipinski definition) is 0. The van der Waals surface area contributed by atoms with Crippen molar-refractivity contribution in [2.24, 2.45) is 0 Å². The van der Waals surface area contributed by atoms with Crippen molar-refractivity contribution in [3.05, 3.63) is 84.5 Å². The van der Waals surface area contributed by atoms with Crippen LogP contribution in [0.25, 0.3) is 0 Å². The summed E-state index contributed by atoms with van der Waals surface area (Å²) in [6, 6.07) is 12.5. The minimum Gasteiger partial charge on any atom is -0.245 e. The van der Waals surface area contributed by atoms with Gasteiger partial charge in [0.1, 0.15) is 6.33 Å². The average Bonchev–Trinajstić information content (AvgIpc) is 2.50. The first-order valence-corrected chi connectivity index (χ1v) is 6.08. The zero-order valence-corrected chi connectivity index (χ0v) is 10.0. The fraction of sp³-hybridized carbons (Fsp3) is 0.125. The summed E-state index contributed by atoms with van der Waals surface area (Å²) in [7, 11) is 0. The van der Waals surface area contributed by atoms with Crippen LogP contribution < -0.4 is 0 Å². The Morgan fingerprint density at radius 2 is 1.89 bits per heavy atom. The molecule has 1 atom stereocenters. The molecule has 3 rings (SSSR count). The van der Waals surface area contributed by atoms with Gasteiger partial charge in [0, 0.05) is 6.20 Å². The molecule has 1 aromatic carbocycles. The zero-order chi connectivity index (χ0) is 12.3. The van der Waals surface area contributed by atoms with Crippen LogP contribution in [0.3, 0.4) is 0 Å². The van der Waals surface area contributed by atoms with E-state index in [4.69, 9.17) is 0 Å². The Bertz CT molecular complexity index is 531. The van der Waals surface area contributed by atoms with Gasteiger partial charge in [0.05, 0.1) is 11.1 Å². The molecule has 0 saturated heterocycles. The third-order valence-corrected chi connectivity index (χ3v) is 3.40. The Kier molecular flexibility index (Phi) is 2.77. The van der Waals surface area contributed by atoms with Crippen molar-refractivity contribution in [2.45, 2.75) is 11.8 Å². The zero-order valence-electron chi connectivity index (χ0n) is 10.0. The molecule has 1 aliphatic carbocycles. The maximum Gasteiger partial charge on any atom is 0.115 e. The van der Waals surface area contributed by atoms with Crippen molar-refractivity contribution in [3.63, 3.8) is 0 Å². The van der Waals surface area contributed by atoms with Gasteiger partial charge in [-0.15, -0.1) is 0 Å². The molecule has 88 valence electrons. The topological polar surface area (TPSA) is 25.8 Å². The number of rotatable bonds is 2. The number of benzene rings is 1. The van der Waals surface area contributed by atoms with E-state index in [-0.39, 0.29) is 5.41 Å². The lowest BCUT2D eigenvalue weighted by Crippen LogP contribution is -2.27. The van der Waals surface area contributed by atoms with Crippen LogP contribution >= 0.6 is 0 Å². The standard InChI is InChI=1S/C16H14N2/c1-3-7-14(8-4-1)16(10-5-2-6-11-16)15-9-12-17-13-18-15/h1-10,12-13H,11H2. The molecule has 1 aromatic heterocycles. The van der Waals surface area contributed by atoms with Crippen molar-refractivity contribution in [1.29, 1.82) is 0 Å². The summed E-state index contributed by atoms with van der Waals surface area (Å²) in [6.07, 6.45) is 13.0. The smallest absolute Gasteiger partial charge is 0.115 e. The highest BCUT2D eigenvalue weighted by molar-refractivity contribution is 5.44. The molecule has 0 spiro atoms. The Hall–Kier alpha value is -2.22. The van der Waals surface area contributed by atoms with Crippen LogP contribution in [0.2, 0.25) is 0 Å². The number of aromatic nitrogens is 2. The molecule has 0 bridgehead atoms. The molecular weight excluding hydrogens is 220 g/mol. The van der Waals surface area contributed by atoms with Crippen molar-refractivity contribution in [2.75, 3.05) is 0 Å². The summed E-state index contributed by atoms with van der Waals surface area (Å²) in [4.78, 5) is 8.47. The second-order valence-electron chi connectivity index (χ2n) is 4.42. The molecule has 0 saturated carbocycles. The summed E-state index contributed by atoms with van der Waals surface area (Å²) >= 11 is 0.